The van der Waals surface area contributed by atoms with Crippen LogP contribution in [0.3, 0.4) is 0 Å². The Morgan fingerprint density at radius 2 is 1.73 bits per heavy atom. The average Bonchev–Trinajstić information content (AvgIpc) is 3.13. The molecule has 0 radical (unpaired) electrons. The molecule has 7 heteroatoms. The highest BCUT2D eigenvalue weighted by Crippen LogP contribution is 2.29. The summed E-state index contributed by atoms with van der Waals surface area (Å²) in [5, 5.41) is 0.685. The quantitative estimate of drug-likeness (QED) is 0.478. The van der Waals surface area contributed by atoms with Crippen LogP contribution in [0.25, 0.3) is 28.2 Å². The summed E-state index contributed by atoms with van der Waals surface area (Å²) in [6.45, 7) is 3.88. The van der Waals surface area contributed by atoms with E-state index in [0.29, 0.717) is 16.3 Å². The van der Waals surface area contributed by atoms with Crippen LogP contribution in [-0.2, 0) is 11.3 Å². The minimum Gasteiger partial charge on any atom is -0.379 e. The van der Waals surface area contributed by atoms with Crippen molar-refractivity contribution in [2.75, 3.05) is 26.3 Å². The molecule has 4 heterocycles. The molecule has 0 bridgehead atoms. The Labute approximate surface area is 178 Å². The van der Waals surface area contributed by atoms with Crippen LogP contribution in [0.2, 0.25) is 5.02 Å². The van der Waals surface area contributed by atoms with Crippen molar-refractivity contribution >= 4 is 17.2 Å². The minimum atomic E-state index is -0.343. The van der Waals surface area contributed by atoms with Gasteiger partial charge in [0.1, 0.15) is 17.2 Å². The van der Waals surface area contributed by atoms with Crippen molar-refractivity contribution in [3.05, 3.63) is 77.5 Å². The van der Waals surface area contributed by atoms with E-state index >= 15 is 0 Å². The molecule has 1 aliphatic rings. The highest BCUT2D eigenvalue weighted by Gasteiger charge is 2.20. The molecule has 1 saturated heterocycles. The van der Waals surface area contributed by atoms with E-state index in [-0.39, 0.29) is 5.82 Å². The monoisotopic (exact) mass is 422 g/mol. The molecule has 0 spiro atoms. The molecule has 1 aliphatic heterocycles. The Morgan fingerprint density at radius 1 is 0.967 bits per heavy atom. The van der Waals surface area contributed by atoms with Crippen molar-refractivity contribution in [1.82, 2.24) is 19.3 Å². The summed E-state index contributed by atoms with van der Waals surface area (Å²) in [5.41, 5.74) is 4.80. The number of halogens is 2. The van der Waals surface area contributed by atoms with Gasteiger partial charge < -0.3 is 9.14 Å². The third-order valence-corrected chi connectivity index (χ3v) is 5.60. The number of ether oxygens (including phenoxy) is 1. The first kappa shape index (κ1) is 19.2. The lowest BCUT2D eigenvalue weighted by atomic mass is 10.1. The lowest BCUT2D eigenvalue weighted by molar-refractivity contribution is 0.0336. The molecule has 5 rings (SSSR count). The SMILES string of the molecule is Fc1cccnc1-c1ccc2nc(-c3ccc(Cl)cc3)c(CN3CCOCC3)n2c1. The molecule has 3 aromatic heterocycles. The first-order chi connectivity index (χ1) is 14.7. The zero-order valence-electron chi connectivity index (χ0n) is 16.3. The number of pyridine rings is 2. The van der Waals surface area contributed by atoms with Crippen LogP contribution < -0.4 is 0 Å². The highest BCUT2D eigenvalue weighted by atomic mass is 35.5. The highest BCUT2D eigenvalue weighted by molar-refractivity contribution is 6.30. The van der Waals surface area contributed by atoms with E-state index in [0.717, 1.165) is 55.4 Å². The van der Waals surface area contributed by atoms with Gasteiger partial charge in [0, 0.05) is 48.2 Å². The van der Waals surface area contributed by atoms with Crippen LogP contribution in [0.5, 0.6) is 0 Å². The number of morpholine rings is 1. The largest absolute Gasteiger partial charge is 0.379 e. The molecule has 1 fully saturated rings. The second kappa shape index (κ2) is 8.14. The molecule has 0 amide bonds. The van der Waals surface area contributed by atoms with E-state index in [1.54, 1.807) is 12.3 Å². The summed E-state index contributed by atoms with van der Waals surface area (Å²) < 4.78 is 21.9. The number of benzene rings is 1. The molecule has 4 aromatic rings. The zero-order chi connectivity index (χ0) is 20.5. The van der Waals surface area contributed by atoms with Gasteiger partial charge in [-0.2, -0.15) is 0 Å². The molecule has 0 atom stereocenters. The lowest BCUT2D eigenvalue weighted by Crippen LogP contribution is -2.36. The normalized spacial score (nSPS) is 15.0. The van der Waals surface area contributed by atoms with Gasteiger partial charge in [-0.3, -0.25) is 9.88 Å². The number of nitrogens with zero attached hydrogens (tertiary/aromatic N) is 4. The van der Waals surface area contributed by atoms with E-state index in [1.807, 2.05) is 47.0 Å². The van der Waals surface area contributed by atoms with E-state index in [1.165, 1.54) is 6.07 Å². The summed E-state index contributed by atoms with van der Waals surface area (Å²) in [7, 11) is 0. The van der Waals surface area contributed by atoms with Crippen LogP contribution in [-0.4, -0.2) is 45.6 Å². The standard InChI is InChI=1S/C23H20ClFN4O/c24-18-6-3-16(4-7-18)23-20(15-28-10-12-30-13-11-28)29-14-17(5-8-21(29)27-23)22-19(25)2-1-9-26-22/h1-9,14H,10-13,15H2. The van der Waals surface area contributed by atoms with Gasteiger partial charge in [0.05, 0.1) is 24.6 Å². The van der Waals surface area contributed by atoms with Crippen molar-refractivity contribution in [2.45, 2.75) is 6.54 Å². The Bertz CT molecular complexity index is 1190. The third kappa shape index (κ3) is 3.69. The lowest BCUT2D eigenvalue weighted by Gasteiger charge is -2.26. The maximum atomic E-state index is 14.3. The maximum Gasteiger partial charge on any atom is 0.149 e. The Kier molecular flexibility index (Phi) is 5.21. The topological polar surface area (TPSA) is 42.7 Å². The number of hydrogen-bond donors (Lipinski definition) is 0. The van der Waals surface area contributed by atoms with Crippen molar-refractivity contribution in [1.29, 1.82) is 0 Å². The molecular weight excluding hydrogens is 403 g/mol. The molecule has 0 saturated carbocycles. The first-order valence-corrected chi connectivity index (χ1v) is 10.2. The second-order valence-corrected chi connectivity index (χ2v) is 7.72. The summed E-state index contributed by atoms with van der Waals surface area (Å²) in [5.74, 6) is -0.343. The Balaban J connectivity index is 1.65. The molecule has 0 unspecified atom stereocenters. The van der Waals surface area contributed by atoms with E-state index in [4.69, 9.17) is 21.3 Å². The smallest absolute Gasteiger partial charge is 0.149 e. The van der Waals surface area contributed by atoms with Crippen molar-refractivity contribution in [2.24, 2.45) is 0 Å². The third-order valence-electron chi connectivity index (χ3n) is 5.34. The van der Waals surface area contributed by atoms with E-state index in [2.05, 4.69) is 9.88 Å². The van der Waals surface area contributed by atoms with Gasteiger partial charge in [-0.1, -0.05) is 23.7 Å². The van der Waals surface area contributed by atoms with Crippen LogP contribution >= 0.6 is 11.6 Å². The number of fused-ring (bicyclic) bond motifs is 1. The van der Waals surface area contributed by atoms with Crippen molar-refractivity contribution in [3.8, 4) is 22.5 Å². The van der Waals surface area contributed by atoms with Gasteiger partial charge in [-0.25, -0.2) is 9.37 Å². The summed E-state index contributed by atoms with van der Waals surface area (Å²) >= 11 is 6.09. The van der Waals surface area contributed by atoms with Gasteiger partial charge in [-0.15, -0.1) is 0 Å². The van der Waals surface area contributed by atoms with Gasteiger partial charge in [-0.05, 0) is 36.4 Å². The maximum absolute atomic E-state index is 14.3. The van der Waals surface area contributed by atoms with E-state index < -0.39 is 0 Å². The van der Waals surface area contributed by atoms with E-state index in [9.17, 15) is 4.39 Å². The van der Waals surface area contributed by atoms with Gasteiger partial charge >= 0.3 is 0 Å². The second-order valence-electron chi connectivity index (χ2n) is 7.28. The van der Waals surface area contributed by atoms with Crippen LogP contribution in [0, 0.1) is 5.82 Å². The van der Waals surface area contributed by atoms with Gasteiger partial charge in [0.2, 0.25) is 0 Å². The summed E-state index contributed by atoms with van der Waals surface area (Å²) in [6.07, 6.45) is 3.52. The molecule has 0 N–H and O–H groups in total. The molecule has 152 valence electrons. The number of aromatic nitrogens is 3. The predicted molar refractivity (Wildman–Crippen MR) is 115 cm³/mol. The van der Waals surface area contributed by atoms with Crippen molar-refractivity contribution < 1.29 is 9.13 Å². The fraction of sp³-hybridized carbons (Fsp3) is 0.217. The number of hydrogen-bond acceptors (Lipinski definition) is 4. The van der Waals surface area contributed by atoms with Crippen LogP contribution in [0.4, 0.5) is 4.39 Å². The first-order valence-electron chi connectivity index (χ1n) is 9.87. The molecule has 1 aromatic carbocycles. The fourth-order valence-electron chi connectivity index (χ4n) is 3.79. The van der Waals surface area contributed by atoms with Crippen LogP contribution in [0.15, 0.2) is 60.9 Å². The predicted octanol–water partition coefficient (Wildman–Crippen LogP) is 4.69. The fourth-order valence-corrected chi connectivity index (χ4v) is 3.92. The molecule has 30 heavy (non-hydrogen) atoms. The number of imidazole rings is 1. The summed E-state index contributed by atoms with van der Waals surface area (Å²) in [6, 6.07) is 14.5. The number of rotatable bonds is 4. The van der Waals surface area contributed by atoms with Crippen LogP contribution in [0.1, 0.15) is 5.69 Å². The Hall–Kier alpha value is -2.80. The molecular formula is C23H20ClFN4O. The molecule has 5 nitrogen and oxygen atoms in total. The molecule has 0 aliphatic carbocycles. The van der Waals surface area contributed by atoms with Crippen molar-refractivity contribution in [3.63, 3.8) is 0 Å². The van der Waals surface area contributed by atoms with Gasteiger partial charge in [0.25, 0.3) is 0 Å². The van der Waals surface area contributed by atoms with Gasteiger partial charge in [0.15, 0.2) is 0 Å². The summed E-state index contributed by atoms with van der Waals surface area (Å²) in [4.78, 5) is 11.5. The Morgan fingerprint density at radius 3 is 2.50 bits per heavy atom. The average molecular weight is 423 g/mol. The minimum absolute atomic E-state index is 0.332. The zero-order valence-corrected chi connectivity index (χ0v) is 17.0.